The van der Waals surface area contributed by atoms with Gasteiger partial charge in [-0.1, -0.05) is 0 Å². The van der Waals surface area contributed by atoms with Gasteiger partial charge in [-0.15, -0.1) is 0 Å². The molecule has 2 fully saturated rings. The summed E-state index contributed by atoms with van der Waals surface area (Å²) in [6.07, 6.45) is -13.9. The molecule has 2 aliphatic heterocycles. The van der Waals surface area contributed by atoms with Crippen molar-refractivity contribution < 1.29 is 50.0 Å². The lowest BCUT2D eigenvalue weighted by atomic mass is 9.93. The molecule has 0 amide bonds. The van der Waals surface area contributed by atoms with Crippen LogP contribution in [0.3, 0.4) is 0 Å². The van der Waals surface area contributed by atoms with E-state index in [9.17, 15) is 35.7 Å². The predicted molar refractivity (Wildman–Crippen MR) is 70.3 cm³/mol. The Balaban J connectivity index is 2.13. The highest BCUT2D eigenvalue weighted by molar-refractivity contribution is 4.97. The lowest BCUT2D eigenvalue weighted by Gasteiger charge is -2.47. The molecule has 9 N–H and O–H groups in total. The summed E-state index contributed by atoms with van der Waals surface area (Å²) in [5.74, 6) is 0. The number of ether oxygens (including phenoxy) is 3. The van der Waals surface area contributed by atoms with E-state index in [0.717, 1.165) is 0 Å². The van der Waals surface area contributed by atoms with Crippen molar-refractivity contribution in [1.82, 2.24) is 0 Å². The van der Waals surface area contributed by atoms with Crippen molar-refractivity contribution in [3.05, 3.63) is 0 Å². The molecule has 0 saturated carbocycles. The average Bonchev–Trinajstić information content (AvgIpc) is 2.51. The first-order valence-corrected chi connectivity index (χ1v) is 7.10. The zero-order valence-electron chi connectivity index (χ0n) is 12.3. The van der Waals surface area contributed by atoms with Gasteiger partial charge in [0.25, 0.3) is 0 Å². The SMILES string of the molecule is C[C@H]1O[C@H](O[C@H]2[C@H](O)[C@@H](O)[C@@H](O)O[C@@H]2CO)[C@H](O)[C@@H](O)[C@]1(N)O. The van der Waals surface area contributed by atoms with E-state index in [-0.39, 0.29) is 0 Å². The molecule has 0 aliphatic carbocycles. The van der Waals surface area contributed by atoms with Gasteiger partial charge in [0.05, 0.1) is 6.61 Å². The van der Waals surface area contributed by atoms with Gasteiger partial charge in [-0.2, -0.15) is 0 Å². The molecule has 23 heavy (non-hydrogen) atoms. The number of aliphatic hydroxyl groups is 7. The number of hydrogen-bond donors (Lipinski definition) is 8. The highest BCUT2D eigenvalue weighted by atomic mass is 16.7. The first-order chi connectivity index (χ1) is 10.6. The topological polar surface area (TPSA) is 195 Å². The van der Waals surface area contributed by atoms with Crippen LogP contribution in [0.5, 0.6) is 0 Å². The molecular formula is C12H23NO10. The standard InChI is InChI=1S/C12H23NO10/c1-3-12(13,20)9(18)7(17)11(21-3)23-8-4(2-14)22-10(19)6(16)5(8)15/h3-11,14-20H,2,13H2,1H3/t3-,4-,5-,6-,7-,8-,9-,10+,11-,12-/m1/s1. The minimum absolute atomic E-state index is 0.659. The summed E-state index contributed by atoms with van der Waals surface area (Å²) in [5, 5.41) is 67.8. The van der Waals surface area contributed by atoms with Crippen LogP contribution < -0.4 is 5.73 Å². The van der Waals surface area contributed by atoms with Crippen molar-refractivity contribution in [1.29, 1.82) is 0 Å². The molecule has 2 heterocycles. The Morgan fingerprint density at radius 3 is 2.22 bits per heavy atom. The highest BCUT2D eigenvalue weighted by Crippen LogP contribution is 2.30. The Morgan fingerprint density at radius 2 is 1.65 bits per heavy atom. The van der Waals surface area contributed by atoms with E-state index in [1.165, 1.54) is 6.92 Å². The highest BCUT2D eigenvalue weighted by Gasteiger charge is 2.53. The number of hydrogen-bond acceptors (Lipinski definition) is 11. The Kier molecular flexibility index (Phi) is 5.60. The zero-order valence-corrected chi connectivity index (χ0v) is 12.3. The van der Waals surface area contributed by atoms with Crippen LogP contribution in [0.1, 0.15) is 6.92 Å². The van der Waals surface area contributed by atoms with Crippen molar-refractivity contribution in [3.8, 4) is 0 Å². The van der Waals surface area contributed by atoms with Crippen LogP contribution in [-0.4, -0.2) is 103 Å². The van der Waals surface area contributed by atoms with E-state index in [0.29, 0.717) is 0 Å². The summed E-state index contributed by atoms with van der Waals surface area (Å²) in [6, 6.07) is 0. The third-order valence-corrected chi connectivity index (χ3v) is 4.20. The lowest BCUT2D eigenvalue weighted by molar-refractivity contribution is -0.364. The molecule has 2 rings (SSSR count). The quantitative estimate of drug-likeness (QED) is 0.229. The van der Waals surface area contributed by atoms with Crippen molar-refractivity contribution in [3.63, 3.8) is 0 Å². The molecule has 2 aliphatic rings. The fourth-order valence-corrected chi connectivity index (χ4v) is 2.56. The monoisotopic (exact) mass is 341 g/mol. The van der Waals surface area contributed by atoms with Gasteiger partial charge in [-0.3, -0.25) is 5.73 Å². The maximum absolute atomic E-state index is 9.96. The molecular weight excluding hydrogens is 318 g/mol. The smallest absolute Gasteiger partial charge is 0.187 e. The number of aliphatic hydroxyl groups excluding tert-OH is 6. The van der Waals surface area contributed by atoms with Gasteiger partial charge in [0.15, 0.2) is 18.3 Å². The van der Waals surface area contributed by atoms with Crippen molar-refractivity contribution in [2.24, 2.45) is 5.73 Å². The second-order valence-corrected chi connectivity index (χ2v) is 5.80. The minimum Gasteiger partial charge on any atom is -0.394 e. The number of rotatable bonds is 3. The van der Waals surface area contributed by atoms with Crippen LogP contribution in [0.2, 0.25) is 0 Å². The van der Waals surface area contributed by atoms with Crippen LogP contribution in [0.4, 0.5) is 0 Å². The van der Waals surface area contributed by atoms with Crippen molar-refractivity contribution >= 4 is 0 Å². The molecule has 0 bridgehead atoms. The van der Waals surface area contributed by atoms with Gasteiger partial charge in [0.2, 0.25) is 0 Å². The first-order valence-electron chi connectivity index (χ1n) is 7.10. The van der Waals surface area contributed by atoms with Crippen LogP contribution in [0, 0.1) is 0 Å². The third-order valence-electron chi connectivity index (χ3n) is 4.20. The fourth-order valence-electron chi connectivity index (χ4n) is 2.56. The molecule has 0 unspecified atom stereocenters. The lowest BCUT2D eigenvalue weighted by Crippen LogP contribution is -2.71. The van der Waals surface area contributed by atoms with E-state index in [1.54, 1.807) is 0 Å². The third kappa shape index (κ3) is 3.36. The second kappa shape index (κ2) is 6.82. The van der Waals surface area contributed by atoms with E-state index in [1.807, 2.05) is 0 Å². The summed E-state index contributed by atoms with van der Waals surface area (Å²) in [6.45, 7) is 0.675. The molecule has 0 aromatic rings. The maximum Gasteiger partial charge on any atom is 0.187 e. The Hall–Kier alpha value is -0.440. The van der Waals surface area contributed by atoms with E-state index in [2.05, 4.69) is 0 Å². The Labute approximate surface area is 131 Å². The molecule has 11 nitrogen and oxygen atoms in total. The summed E-state index contributed by atoms with van der Waals surface area (Å²) < 4.78 is 15.4. The van der Waals surface area contributed by atoms with Crippen LogP contribution in [0.15, 0.2) is 0 Å². The van der Waals surface area contributed by atoms with Gasteiger partial charge in [-0.05, 0) is 6.92 Å². The number of nitrogens with two attached hydrogens (primary N) is 1. The van der Waals surface area contributed by atoms with Crippen LogP contribution in [0.25, 0.3) is 0 Å². The van der Waals surface area contributed by atoms with E-state index >= 15 is 0 Å². The van der Waals surface area contributed by atoms with Gasteiger partial charge < -0.3 is 50.0 Å². The molecule has 11 heteroatoms. The minimum atomic E-state index is -2.22. The van der Waals surface area contributed by atoms with E-state index in [4.69, 9.17) is 19.9 Å². The molecule has 10 atom stereocenters. The van der Waals surface area contributed by atoms with Crippen molar-refractivity contribution in [2.45, 2.75) is 68.0 Å². The molecule has 0 aromatic heterocycles. The predicted octanol–water partition coefficient (Wildman–Crippen LogP) is -5.08. The summed E-state index contributed by atoms with van der Waals surface area (Å²) in [5.41, 5.74) is 3.23. The molecule has 0 aromatic carbocycles. The fraction of sp³-hybridized carbons (Fsp3) is 1.00. The molecule has 2 saturated heterocycles. The summed E-state index contributed by atoms with van der Waals surface area (Å²) >= 11 is 0. The Bertz CT molecular complexity index is 407. The molecule has 0 radical (unpaired) electrons. The largest absolute Gasteiger partial charge is 0.394 e. The first kappa shape index (κ1) is 18.9. The molecule has 0 spiro atoms. The van der Waals surface area contributed by atoms with Gasteiger partial charge in [0, 0.05) is 0 Å². The zero-order chi connectivity index (χ0) is 17.5. The van der Waals surface area contributed by atoms with Gasteiger partial charge >= 0.3 is 0 Å². The van der Waals surface area contributed by atoms with Gasteiger partial charge in [0.1, 0.15) is 42.7 Å². The summed E-state index contributed by atoms with van der Waals surface area (Å²) in [7, 11) is 0. The summed E-state index contributed by atoms with van der Waals surface area (Å²) in [4.78, 5) is 0. The second-order valence-electron chi connectivity index (χ2n) is 5.80. The van der Waals surface area contributed by atoms with Gasteiger partial charge in [-0.25, -0.2) is 0 Å². The van der Waals surface area contributed by atoms with Crippen molar-refractivity contribution in [2.75, 3.05) is 6.61 Å². The normalized spacial score (nSPS) is 54.9. The molecule has 136 valence electrons. The average molecular weight is 341 g/mol. The van der Waals surface area contributed by atoms with E-state index < -0.39 is 67.6 Å². The van der Waals surface area contributed by atoms with Crippen LogP contribution in [-0.2, 0) is 14.2 Å². The Morgan fingerprint density at radius 1 is 1.04 bits per heavy atom. The maximum atomic E-state index is 9.96. The van der Waals surface area contributed by atoms with Crippen LogP contribution >= 0.6 is 0 Å².